The number of carbonyl (C=O) groups is 1. The molecular formula is C15H16N2O4S2. The quantitative estimate of drug-likeness (QED) is 0.830. The molecule has 3 rings (SSSR count). The number of benzene rings is 1. The molecule has 1 aromatic heterocycles. The number of aromatic nitrogens is 1. The molecule has 1 heterocycles. The molecule has 1 aliphatic carbocycles. The maximum Gasteiger partial charge on any atom is 0.332 e. The molecule has 1 N–H and O–H groups in total. The standard InChI is InChI=1S/C15H16N2O4S2/c1-2-21-14(18)15(8-7-11-5-3-4-6-12(11)15)17-23(19,20)13-9-22-10-16-13/h3-6,9-10,17H,2,7-8H2,1H3. The topological polar surface area (TPSA) is 85.4 Å². The van der Waals surface area contributed by atoms with Gasteiger partial charge in [-0.3, -0.25) is 0 Å². The van der Waals surface area contributed by atoms with Crippen LogP contribution in [0.2, 0.25) is 0 Å². The van der Waals surface area contributed by atoms with Gasteiger partial charge in [-0.2, -0.15) is 4.72 Å². The second-order valence-corrected chi connectivity index (χ2v) is 7.56. The largest absolute Gasteiger partial charge is 0.464 e. The zero-order valence-corrected chi connectivity index (χ0v) is 14.1. The summed E-state index contributed by atoms with van der Waals surface area (Å²) < 4.78 is 32.9. The van der Waals surface area contributed by atoms with Gasteiger partial charge in [0.05, 0.1) is 12.1 Å². The fourth-order valence-electron chi connectivity index (χ4n) is 2.84. The number of carbonyl (C=O) groups excluding carboxylic acids is 1. The number of thiazole rings is 1. The van der Waals surface area contributed by atoms with E-state index in [2.05, 4.69) is 9.71 Å². The summed E-state index contributed by atoms with van der Waals surface area (Å²) in [7, 11) is -3.92. The lowest BCUT2D eigenvalue weighted by Gasteiger charge is -2.28. The summed E-state index contributed by atoms with van der Waals surface area (Å²) in [6.45, 7) is 1.88. The average molecular weight is 352 g/mol. The van der Waals surface area contributed by atoms with Gasteiger partial charge in [-0.1, -0.05) is 24.3 Å². The van der Waals surface area contributed by atoms with Crippen molar-refractivity contribution in [3.05, 3.63) is 46.3 Å². The summed E-state index contributed by atoms with van der Waals surface area (Å²) in [5.74, 6) is -0.580. The highest BCUT2D eigenvalue weighted by Gasteiger charge is 2.49. The Kier molecular flexibility index (Phi) is 4.22. The molecule has 0 amide bonds. The minimum atomic E-state index is -3.92. The molecule has 1 atom stereocenters. The molecule has 0 saturated heterocycles. The second kappa shape index (κ2) is 6.03. The number of sulfonamides is 1. The summed E-state index contributed by atoms with van der Waals surface area (Å²) in [5.41, 5.74) is 1.64. The fraction of sp³-hybridized carbons (Fsp3) is 0.333. The molecule has 1 unspecified atom stereocenters. The van der Waals surface area contributed by atoms with Gasteiger partial charge in [0.2, 0.25) is 0 Å². The van der Waals surface area contributed by atoms with Crippen LogP contribution in [0.3, 0.4) is 0 Å². The predicted octanol–water partition coefficient (Wildman–Crippen LogP) is 1.83. The summed E-state index contributed by atoms with van der Waals surface area (Å²) >= 11 is 1.18. The summed E-state index contributed by atoms with van der Waals surface area (Å²) in [6, 6.07) is 7.32. The van der Waals surface area contributed by atoms with E-state index in [0.717, 1.165) is 5.56 Å². The molecule has 23 heavy (non-hydrogen) atoms. The van der Waals surface area contributed by atoms with Crippen LogP contribution in [0.15, 0.2) is 40.2 Å². The first-order chi connectivity index (χ1) is 11.0. The molecule has 6 nitrogen and oxygen atoms in total. The number of esters is 1. The Hall–Kier alpha value is -1.77. The van der Waals surface area contributed by atoms with E-state index >= 15 is 0 Å². The number of nitrogens with zero attached hydrogens (tertiary/aromatic N) is 1. The van der Waals surface area contributed by atoms with E-state index in [1.807, 2.05) is 12.1 Å². The molecule has 0 spiro atoms. The Balaban J connectivity index is 2.07. The van der Waals surface area contributed by atoms with Crippen LogP contribution in [0.25, 0.3) is 0 Å². The first-order valence-corrected chi connectivity index (χ1v) is 9.60. The fourth-order valence-corrected chi connectivity index (χ4v) is 5.04. The van der Waals surface area contributed by atoms with Crippen molar-refractivity contribution in [2.45, 2.75) is 30.3 Å². The van der Waals surface area contributed by atoms with Crippen LogP contribution in [0.5, 0.6) is 0 Å². The average Bonchev–Trinajstić information content (AvgIpc) is 3.17. The maximum absolute atomic E-state index is 12.6. The van der Waals surface area contributed by atoms with E-state index in [1.54, 1.807) is 19.1 Å². The third-order valence-corrected chi connectivity index (χ3v) is 5.99. The van der Waals surface area contributed by atoms with Crippen molar-refractivity contribution in [3.8, 4) is 0 Å². The van der Waals surface area contributed by atoms with E-state index in [9.17, 15) is 13.2 Å². The zero-order valence-electron chi connectivity index (χ0n) is 12.5. The minimum absolute atomic E-state index is 0.0874. The maximum atomic E-state index is 12.6. The molecule has 0 aliphatic heterocycles. The van der Waals surface area contributed by atoms with Crippen molar-refractivity contribution in [2.75, 3.05) is 6.61 Å². The number of aryl methyl sites for hydroxylation is 1. The lowest BCUT2D eigenvalue weighted by molar-refractivity contribution is -0.150. The van der Waals surface area contributed by atoms with Gasteiger partial charge >= 0.3 is 5.97 Å². The van der Waals surface area contributed by atoms with E-state index in [-0.39, 0.29) is 11.6 Å². The van der Waals surface area contributed by atoms with Gasteiger partial charge in [-0.25, -0.2) is 18.2 Å². The Morgan fingerprint density at radius 1 is 1.43 bits per heavy atom. The molecule has 2 aromatic rings. The number of hydrogen-bond donors (Lipinski definition) is 1. The van der Waals surface area contributed by atoms with Gasteiger partial charge in [-0.05, 0) is 30.9 Å². The van der Waals surface area contributed by atoms with Crippen molar-refractivity contribution < 1.29 is 17.9 Å². The number of ether oxygens (including phenoxy) is 1. The first kappa shape index (κ1) is 16.1. The number of fused-ring (bicyclic) bond motifs is 1. The first-order valence-electron chi connectivity index (χ1n) is 7.17. The van der Waals surface area contributed by atoms with Crippen molar-refractivity contribution >= 4 is 27.3 Å². The van der Waals surface area contributed by atoms with Crippen molar-refractivity contribution in [1.29, 1.82) is 0 Å². The highest BCUT2D eigenvalue weighted by atomic mass is 32.2. The van der Waals surface area contributed by atoms with Crippen LogP contribution in [0.1, 0.15) is 24.5 Å². The van der Waals surface area contributed by atoms with Gasteiger partial charge < -0.3 is 4.74 Å². The molecular weight excluding hydrogens is 336 g/mol. The zero-order chi connectivity index (χ0) is 16.5. The second-order valence-electron chi connectivity index (χ2n) is 5.22. The van der Waals surface area contributed by atoms with Crippen LogP contribution in [-0.2, 0) is 31.5 Å². The van der Waals surface area contributed by atoms with Crippen molar-refractivity contribution in [2.24, 2.45) is 0 Å². The van der Waals surface area contributed by atoms with E-state index in [4.69, 9.17) is 4.74 Å². The highest BCUT2D eigenvalue weighted by Crippen LogP contribution is 2.39. The summed E-state index contributed by atoms with van der Waals surface area (Å²) in [5, 5.41) is 1.35. The smallest absolute Gasteiger partial charge is 0.332 e. The van der Waals surface area contributed by atoms with E-state index < -0.39 is 21.5 Å². The number of nitrogens with one attached hydrogen (secondary N) is 1. The molecule has 8 heteroatoms. The van der Waals surface area contributed by atoms with Gasteiger partial charge in [0.15, 0.2) is 10.6 Å². The molecule has 0 radical (unpaired) electrons. The molecule has 1 aromatic carbocycles. The number of hydrogen-bond acceptors (Lipinski definition) is 6. The lowest BCUT2D eigenvalue weighted by Crippen LogP contribution is -2.51. The normalized spacial score (nSPS) is 20.2. The SMILES string of the molecule is CCOC(=O)C1(NS(=O)(=O)c2cscn2)CCc2ccccc21. The minimum Gasteiger partial charge on any atom is -0.464 e. The van der Waals surface area contributed by atoms with Crippen molar-refractivity contribution in [3.63, 3.8) is 0 Å². The molecule has 0 saturated carbocycles. The van der Waals surface area contributed by atoms with E-state index in [1.165, 1.54) is 22.2 Å². The van der Waals surface area contributed by atoms with Crippen LogP contribution in [-0.4, -0.2) is 26.0 Å². The van der Waals surface area contributed by atoms with Crippen molar-refractivity contribution in [1.82, 2.24) is 9.71 Å². The molecule has 1 aliphatic rings. The van der Waals surface area contributed by atoms with E-state index in [0.29, 0.717) is 18.4 Å². The number of rotatable bonds is 5. The Morgan fingerprint density at radius 2 is 2.22 bits per heavy atom. The molecule has 0 fully saturated rings. The molecule has 122 valence electrons. The van der Waals surface area contributed by atoms with Crippen LogP contribution >= 0.6 is 11.3 Å². The molecule has 0 bridgehead atoms. The Bertz CT molecular complexity index is 818. The summed E-state index contributed by atoms with van der Waals surface area (Å²) in [6.07, 6.45) is 0.934. The van der Waals surface area contributed by atoms with Gasteiger partial charge in [0.1, 0.15) is 0 Å². The monoisotopic (exact) mass is 352 g/mol. The predicted molar refractivity (Wildman–Crippen MR) is 85.5 cm³/mol. The lowest BCUT2D eigenvalue weighted by atomic mass is 9.93. The van der Waals surface area contributed by atoms with Crippen LogP contribution in [0, 0.1) is 0 Å². The third-order valence-electron chi connectivity index (χ3n) is 3.86. The third kappa shape index (κ3) is 2.77. The van der Waals surface area contributed by atoms with Gasteiger partial charge in [0, 0.05) is 5.38 Å². The Labute approximate surface area is 138 Å². The van der Waals surface area contributed by atoms with Crippen LogP contribution in [0.4, 0.5) is 0 Å². The van der Waals surface area contributed by atoms with Gasteiger partial charge in [0.25, 0.3) is 10.0 Å². The van der Waals surface area contributed by atoms with Crippen LogP contribution < -0.4 is 4.72 Å². The Morgan fingerprint density at radius 3 is 2.91 bits per heavy atom. The summed E-state index contributed by atoms with van der Waals surface area (Å²) in [4.78, 5) is 16.4. The highest BCUT2D eigenvalue weighted by molar-refractivity contribution is 7.89. The van der Waals surface area contributed by atoms with Gasteiger partial charge in [-0.15, -0.1) is 11.3 Å².